The number of aliphatic hydroxyl groups excluding tert-OH is 1. The summed E-state index contributed by atoms with van der Waals surface area (Å²) in [5, 5.41) is 9.97. The van der Waals surface area contributed by atoms with Gasteiger partial charge in [0.2, 0.25) is 10.0 Å². The van der Waals surface area contributed by atoms with Crippen molar-refractivity contribution in [1.29, 1.82) is 0 Å². The second-order valence-electron chi connectivity index (χ2n) is 6.14. The van der Waals surface area contributed by atoms with Gasteiger partial charge in [-0.25, -0.2) is 16.8 Å². The number of sulfonamides is 1. The van der Waals surface area contributed by atoms with Crippen molar-refractivity contribution in [2.45, 2.75) is 43.7 Å². The predicted molar refractivity (Wildman–Crippen MR) is 88.5 cm³/mol. The van der Waals surface area contributed by atoms with E-state index >= 15 is 0 Å². The summed E-state index contributed by atoms with van der Waals surface area (Å²) in [4.78, 5) is 0.111. The van der Waals surface area contributed by atoms with Crippen LogP contribution in [0.2, 0.25) is 0 Å². The maximum absolute atomic E-state index is 12.8. The van der Waals surface area contributed by atoms with Crippen molar-refractivity contribution in [3.05, 3.63) is 29.8 Å². The molecule has 1 aromatic rings. The Morgan fingerprint density at radius 1 is 1.22 bits per heavy atom. The Balaban J connectivity index is 2.36. The molecule has 0 aromatic heterocycles. The summed E-state index contributed by atoms with van der Waals surface area (Å²) in [5.74, 6) is -0.447. The van der Waals surface area contributed by atoms with Crippen molar-refractivity contribution in [1.82, 2.24) is 4.31 Å². The molecule has 0 bridgehead atoms. The van der Waals surface area contributed by atoms with Crippen molar-refractivity contribution >= 4 is 19.9 Å². The van der Waals surface area contributed by atoms with Gasteiger partial charge in [0, 0.05) is 6.54 Å². The molecule has 1 aliphatic heterocycles. The van der Waals surface area contributed by atoms with Crippen LogP contribution < -0.4 is 0 Å². The molecule has 1 saturated heterocycles. The average molecular weight is 361 g/mol. The molecule has 1 heterocycles. The molecule has 0 spiro atoms. The van der Waals surface area contributed by atoms with Gasteiger partial charge in [0.1, 0.15) is 0 Å². The molecule has 2 atom stereocenters. The third-order valence-electron chi connectivity index (χ3n) is 4.13. The smallest absolute Gasteiger partial charge is 0.243 e. The lowest BCUT2D eigenvalue weighted by molar-refractivity contribution is 0.130. The van der Waals surface area contributed by atoms with Crippen molar-refractivity contribution in [2.24, 2.45) is 0 Å². The third-order valence-corrected chi connectivity index (χ3v) is 7.84. The summed E-state index contributed by atoms with van der Waals surface area (Å²) in [6, 6.07) is 5.65. The molecule has 1 fully saturated rings. The van der Waals surface area contributed by atoms with Gasteiger partial charge in [-0.1, -0.05) is 32.9 Å². The summed E-state index contributed by atoms with van der Waals surface area (Å²) in [5.41, 5.74) is 1.02. The maximum atomic E-state index is 12.8. The molecule has 0 aliphatic carbocycles. The molecule has 2 rings (SSSR count). The van der Waals surface area contributed by atoms with E-state index in [1.807, 2.05) is 13.8 Å². The van der Waals surface area contributed by atoms with Crippen molar-refractivity contribution in [3.8, 4) is 0 Å². The molecule has 1 N–H and O–H groups in total. The van der Waals surface area contributed by atoms with E-state index in [1.54, 1.807) is 19.1 Å². The number of hydrogen-bond acceptors (Lipinski definition) is 5. The van der Waals surface area contributed by atoms with Gasteiger partial charge in [-0.3, -0.25) is 0 Å². The zero-order valence-corrected chi connectivity index (χ0v) is 15.1. The molecule has 0 unspecified atom stereocenters. The van der Waals surface area contributed by atoms with Crippen LogP contribution in [0.5, 0.6) is 0 Å². The summed E-state index contributed by atoms with van der Waals surface area (Å²) >= 11 is 0. The highest BCUT2D eigenvalue weighted by molar-refractivity contribution is 7.92. The number of sulfone groups is 1. The van der Waals surface area contributed by atoms with Gasteiger partial charge in [-0.15, -0.1) is 0 Å². The first-order chi connectivity index (χ1) is 10.6. The Kier molecular flexibility index (Phi) is 5.20. The van der Waals surface area contributed by atoms with Crippen LogP contribution in [0.4, 0.5) is 0 Å². The Morgan fingerprint density at radius 2 is 1.78 bits per heavy atom. The maximum Gasteiger partial charge on any atom is 0.243 e. The molecule has 0 radical (unpaired) electrons. The van der Waals surface area contributed by atoms with Gasteiger partial charge >= 0.3 is 0 Å². The lowest BCUT2D eigenvalue weighted by Crippen LogP contribution is -2.46. The highest BCUT2D eigenvalue weighted by Gasteiger charge is 2.44. The summed E-state index contributed by atoms with van der Waals surface area (Å²) in [6.45, 7) is 5.77. The zero-order chi connectivity index (χ0) is 17.4. The highest BCUT2D eigenvalue weighted by atomic mass is 32.2. The molecular formula is C15H23NO5S2. The van der Waals surface area contributed by atoms with Crippen LogP contribution in [0.25, 0.3) is 0 Å². The molecular weight excluding hydrogens is 338 g/mol. The van der Waals surface area contributed by atoms with Gasteiger partial charge < -0.3 is 5.11 Å². The molecule has 8 heteroatoms. The van der Waals surface area contributed by atoms with Crippen LogP contribution in [0.3, 0.4) is 0 Å². The monoisotopic (exact) mass is 361 g/mol. The van der Waals surface area contributed by atoms with Gasteiger partial charge in [-0.2, -0.15) is 4.31 Å². The Morgan fingerprint density at radius 3 is 2.17 bits per heavy atom. The number of likely N-dealkylation sites (N-methyl/N-ethyl adjacent to an activating group) is 1. The topological polar surface area (TPSA) is 91.8 Å². The molecule has 1 aromatic carbocycles. The third kappa shape index (κ3) is 3.76. The van der Waals surface area contributed by atoms with Crippen LogP contribution >= 0.6 is 0 Å². The number of rotatable bonds is 5. The van der Waals surface area contributed by atoms with Gasteiger partial charge in [0.05, 0.1) is 28.5 Å². The zero-order valence-electron chi connectivity index (χ0n) is 13.5. The van der Waals surface area contributed by atoms with Crippen LogP contribution in [0, 0.1) is 0 Å². The van der Waals surface area contributed by atoms with Gasteiger partial charge in [0.15, 0.2) is 9.84 Å². The van der Waals surface area contributed by atoms with Crippen molar-refractivity contribution in [3.63, 3.8) is 0 Å². The second-order valence-corrected chi connectivity index (χ2v) is 10.2. The summed E-state index contributed by atoms with van der Waals surface area (Å²) < 4.78 is 50.1. The van der Waals surface area contributed by atoms with Crippen LogP contribution in [0.1, 0.15) is 32.3 Å². The minimum Gasteiger partial charge on any atom is -0.390 e. The summed E-state index contributed by atoms with van der Waals surface area (Å²) in [6.07, 6.45) is -1.19. The molecule has 6 nitrogen and oxygen atoms in total. The number of benzene rings is 1. The molecule has 23 heavy (non-hydrogen) atoms. The first-order valence-corrected chi connectivity index (χ1v) is 10.8. The molecule has 0 saturated carbocycles. The Hall–Kier alpha value is -0.960. The number of aliphatic hydroxyl groups is 1. The highest BCUT2D eigenvalue weighted by Crippen LogP contribution is 2.26. The van der Waals surface area contributed by atoms with Crippen LogP contribution in [-0.4, -0.2) is 56.4 Å². The standard InChI is InChI=1S/C15H23NO5S2/c1-4-16(14-9-22(18,19)10-15(14)17)23(20,21)13-7-5-12(6-8-13)11(2)3/h5-8,11,14-15,17H,4,9-10H2,1-3H3/t14-,15-/m0/s1. The van der Waals surface area contributed by atoms with E-state index in [4.69, 9.17) is 0 Å². The van der Waals surface area contributed by atoms with E-state index in [0.717, 1.165) is 9.87 Å². The minimum atomic E-state index is -3.85. The van der Waals surface area contributed by atoms with Gasteiger partial charge in [0.25, 0.3) is 0 Å². The number of hydrogen-bond donors (Lipinski definition) is 1. The summed E-state index contributed by atoms with van der Waals surface area (Å²) in [7, 11) is -7.27. The van der Waals surface area contributed by atoms with E-state index < -0.39 is 37.8 Å². The fraction of sp³-hybridized carbons (Fsp3) is 0.600. The van der Waals surface area contributed by atoms with Crippen LogP contribution in [-0.2, 0) is 19.9 Å². The van der Waals surface area contributed by atoms with E-state index in [1.165, 1.54) is 12.1 Å². The quantitative estimate of drug-likeness (QED) is 0.844. The van der Waals surface area contributed by atoms with Crippen molar-refractivity contribution in [2.75, 3.05) is 18.1 Å². The lowest BCUT2D eigenvalue weighted by atomic mass is 10.0. The number of nitrogens with zero attached hydrogens (tertiary/aromatic N) is 1. The molecule has 0 amide bonds. The first kappa shape index (κ1) is 18.4. The molecule has 130 valence electrons. The van der Waals surface area contributed by atoms with Crippen molar-refractivity contribution < 1.29 is 21.9 Å². The normalized spacial score (nSPS) is 24.4. The lowest BCUT2D eigenvalue weighted by Gasteiger charge is -2.28. The van der Waals surface area contributed by atoms with E-state index in [-0.39, 0.29) is 23.1 Å². The fourth-order valence-electron chi connectivity index (χ4n) is 2.83. The SMILES string of the molecule is CCN([C@H]1CS(=O)(=O)C[C@@H]1O)S(=O)(=O)c1ccc(C(C)C)cc1. The van der Waals surface area contributed by atoms with E-state index in [9.17, 15) is 21.9 Å². The van der Waals surface area contributed by atoms with Crippen LogP contribution in [0.15, 0.2) is 29.2 Å². The average Bonchev–Trinajstić information content (AvgIpc) is 2.72. The Bertz CT molecular complexity index is 754. The Labute approximate surface area is 138 Å². The molecule has 1 aliphatic rings. The second kappa shape index (κ2) is 6.51. The van der Waals surface area contributed by atoms with E-state index in [0.29, 0.717) is 0 Å². The first-order valence-electron chi connectivity index (χ1n) is 7.59. The predicted octanol–water partition coefficient (Wildman–Crippen LogP) is 0.978. The van der Waals surface area contributed by atoms with Gasteiger partial charge in [-0.05, 0) is 23.6 Å². The fourth-order valence-corrected chi connectivity index (χ4v) is 6.39. The minimum absolute atomic E-state index is 0.103. The largest absolute Gasteiger partial charge is 0.390 e. The van der Waals surface area contributed by atoms with E-state index in [2.05, 4.69) is 0 Å².